The maximum Gasteiger partial charge on any atom is 0.164 e. The molecule has 12 aromatic rings. The van der Waals surface area contributed by atoms with Crippen molar-refractivity contribution in [1.82, 2.24) is 19.5 Å². The first kappa shape index (κ1) is 22.5. The molecule has 0 bridgehead atoms. The second-order valence-electron chi connectivity index (χ2n) is 13.5. The molecule has 0 atom stereocenters. The molecule has 0 amide bonds. The second-order valence-corrected chi connectivity index (χ2v) is 13.5. The van der Waals surface area contributed by atoms with Gasteiger partial charge < -0.3 is 13.4 Å². The summed E-state index contributed by atoms with van der Waals surface area (Å²) in [7, 11) is 0. The van der Waals surface area contributed by atoms with Gasteiger partial charge in [-0.3, -0.25) is 0 Å². The SMILES string of the molecule is [2H]c1cc2c(oc3c([2H])c([2H])c([2H])c(-n4c5ccc([2H])c([2H])c5c5c([2H])c([2H])c([2H])c([2H])c54)c32)c([2H])c1-c1nc(-c2ccccc2)nc(-c2ccc3c(c2)oc2cc(-c4ccccc4)ccc23)n1. The van der Waals surface area contributed by atoms with E-state index in [0.717, 1.165) is 21.9 Å². The minimum Gasteiger partial charge on any atom is -0.456 e. The lowest BCUT2D eigenvalue weighted by atomic mass is 10.0. The Bertz CT molecular complexity index is 4170. The summed E-state index contributed by atoms with van der Waals surface area (Å²) in [6, 6.07) is 30.4. The average molecular weight is 742 g/mol. The zero-order valence-corrected chi connectivity index (χ0v) is 29.6. The van der Waals surface area contributed by atoms with Gasteiger partial charge in [0, 0.05) is 43.6 Å². The van der Waals surface area contributed by atoms with Crippen LogP contribution in [0.2, 0.25) is 0 Å². The molecule has 0 aliphatic heterocycles. The molecule has 0 saturated carbocycles. The molecule has 4 aromatic heterocycles. The molecule has 0 unspecified atom stereocenters. The highest BCUT2D eigenvalue weighted by Gasteiger charge is 2.20. The fourth-order valence-electron chi connectivity index (χ4n) is 7.61. The van der Waals surface area contributed by atoms with Crippen molar-refractivity contribution in [3.8, 4) is 51.0 Å². The van der Waals surface area contributed by atoms with Gasteiger partial charge in [0.15, 0.2) is 17.5 Å². The molecule has 0 saturated heterocycles. The fourth-order valence-corrected chi connectivity index (χ4v) is 7.61. The number of rotatable bonds is 5. The predicted molar refractivity (Wildman–Crippen MR) is 230 cm³/mol. The second kappa shape index (κ2) is 12.3. The zero-order chi connectivity index (χ0) is 47.0. The van der Waals surface area contributed by atoms with Crippen LogP contribution in [0, 0.1) is 0 Å². The highest BCUT2D eigenvalue weighted by atomic mass is 16.3. The number of hydrogen-bond donors (Lipinski definition) is 0. The summed E-state index contributed by atoms with van der Waals surface area (Å²) in [4.78, 5) is 14.5. The summed E-state index contributed by atoms with van der Waals surface area (Å²) in [5, 5.41) is 1.93. The van der Waals surface area contributed by atoms with Crippen LogP contribution in [0.4, 0.5) is 0 Å². The van der Waals surface area contributed by atoms with Crippen LogP contribution in [-0.4, -0.2) is 19.5 Å². The predicted octanol–water partition coefficient (Wildman–Crippen LogP) is 13.4. The maximum atomic E-state index is 9.66. The third-order valence-corrected chi connectivity index (χ3v) is 10.3. The minimum absolute atomic E-state index is 0.0235. The van der Waals surface area contributed by atoms with Crippen molar-refractivity contribution in [2.45, 2.75) is 0 Å². The Morgan fingerprint density at radius 1 is 0.404 bits per heavy atom. The van der Waals surface area contributed by atoms with Crippen LogP contribution in [-0.2, 0) is 0 Å². The average Bonchev–Trinajstić information content (AvgIpc) is 4.04. The Labute approximate surface area is 341 Å². The Hall–Kier alpha value is -7.83. The molecule has 8 aromatic carbocycles. The summed E-state index contributed by atoms with van der Waals surface area (Å²) >= 11 is 0. The van der Waals surface area contributed by atoms with Crippen molar-refractivity contribution >= 4 is 65.7 Å². The summed E-state index contributed by atoms with van der Waals surface area (Å²) in [5.74, 6) is 0.476. The minimum atomic E-state index is -0.583. The van der Waals surface area contributed by atoms with Crippen molar-refractivity contribution in [1.29, 1.82) is 0 Å². The highest BCUT2D eigenvalue weighted by Crippen LogP contribution is 2.40. The normalized spacial score (nSPS) is 14.6. The van der Waals surface area contributed by atoms with Crippen LogP contribution in [0.5, 0.6) is 0 Å². The third kappa shape index (κ3) is 5.01. The van der Waals surface area contributed by atoms with E-state index in [1.54, 1.807) is 0 Å². The summed E-state index contributed by atoms with van der Waals surface area (Å²) in [5.41, 5.74) is 4.12. The number of benzene rings is 8. The van der Waals surface area contributed by atoms with Gasteiger partial charge in [0.05, 0.1) is 37.2 Å². The van der Waals surface area contributed by atoms with E-state index in [2.05, 4.69) is 6.07 Å². The van der Waals surface area contributed by atoms with Gasteiger partial charge >= 0.3 is 0 Å². The van der Waals surface area contributed by atoms with Crippen LogP contribution in [0.3, 0.4) is 0 Å². The largest absolute Gasteiger partial charge is 0.456 e. The van der Waals surface area contributed by atoms with E-state index >= 15 is 0 Å². The highest BCUT2D eigenvalue weighted by molar-refractivity contribution is 6.14. The standard InChI is InChI=1S/C51H30N4O2/c1-3-12-31(13-4-1)33-22-25-38-39-26-23-34(29-46(39)57-45(38)28-33)50-52-49(32-14-5-2-6-15-32)53-51(54-50)35-24-27-40-47(30-35)56-44-21-11-20-43(48(40)44)55-41-18-9-7-16-36(41)37-17-8-10-19-42(37)55/h1-30H/i7D,8D,9D,11D,16D,17D,18D,20D,21D,24D,30D. The number of hydrogen-bond acceptors (Lipinski definition) is 5. The Morgan fingerprint density at radius 2 is 1.05 bits per heavy atom. The molecule has 57 heavy (non-hydrogen) atoms. The number of aromatic nitrogens is 4. The van der Waals surface area contributed by atoms with Crippen LogP contribution in [0.1, 0.15) is 15.1 Å². The monoisotopic (exact) mass is 741 g/mol. The molecule has 0 aliphatic rings. The Morgan fingerprint density at radius 3 is 1.86 bits per heavy atom. The molecule has 0 spiro atoms. The van der Waals surface area contributed by atoms with Crippen molar-refractivity contribution in [3.05, 3.63) is 182 Å². The lowest BCUT2D eigenvalue weighted by molar-refractivity contribution is 0.668. The van der Waals surface area contributed by atoms with E-state index in [1.807, 2.05) is 91.0 Å². The first-order chi connectivity index (χ1) is 32.8. The molecule has 0 N–H and O–H groups in total. The van der Waals surface area contributed by atoms with E-state index in [-0.39, 0.29) is 96.6 Å². The molecule has 0 fully saturated rings. The molecule has 0 radical (unpaired) electrons. The molecule has 4 heterocycles. The van der Waals surface area contributed by atoms with E-state index in [4.69, 9.17) is 34.8 Å². The van der Waals surface area contributed by atoms with Crippen molar-refractivity contribution in [2.75, 3.05) is 0 Å². The Kier molecular flexibility index (Phi) is 4.88. The van der Waals surface area contributed by atoms with E-state index in [0.29, 0.717) is 22.3 Å². The first-order valence-corrected chi connectivity index (χ1v) is 18.1. The lowest BCUT2D eigenvalue weighted by Gasteiger charge is -2.10. The molecule has 0 aliphatic carbocycles. The van der Waals surface area contributed by atoms with Gasteiger partial charge in [0.1, 0.15) is 22.3 Å². The van der Waals surface area contributed by atoms with Gasteiger partial charge in [-0.1, -0.05) is 121 Å². The van der Waals surface area contributed by atoms with Crippen LogP contribution < -0.4 is 0 Å². The van der Waals surface area contributed by atoms with Gasteiger partial charge in [0.2, 0.25) is 0 Å². The molecule has 6 heteroatoms. The van der Waals surface area contributed by atoms with Crippen LogP contribution >= 0.6 is 0 Å². The van der Waals surface area contributed by atoms with E-state index < -0.39 is 42.3 Å². The molecular formula is C51H30N4O2. The van der Waals surface area contributed by atoms with Gasteiger partial charge in [0.25, 0.3) is 0 Å². The number of fused-ring (bicyclic) bond motifs is 9. The van der Waals surface area contributed by atoms with Crippen molar-refractivity contribution in [2.24, 2.45) is 0 Å². The third-order valence-electron chi connectivity index (χ3n) is 10.3. The zero-order valence-electron chi connectivity index (χ0n) is 40.6. The number of nitrogens with zero attached hydrogens (tertiary/aromatic N) is 4. The van der Waals surface area contributed by atoms with Gasteiger partial charge in [-0.2, -0.15) is 0 Å². The van der Waals surface area contributed by atoms with Crippen LogP contribution in [0.15, 0.2) is 191 Å². The topological polar surface area (TPSA) is 69.9 Å². The summed E-state index contributed by atoms with van der Waals surface area (Å²) in [6.45, 7) is 0. The smallest absolute Gasteiger partial charge is 0.164 e. The van der Waals surface area contributed by atoms with Crippen molar-refractivity contribution < 1.29 is 23.9 Å². The van der Waals surface area contributed by atoms with Gasteiger partial charge in [-0.05, 0) is 71.7 Å². The van der Waals surface area contributed by atoms with E-state index in [9.17, 15) is 4.11 Å². The first-order valence-electron chi connectivity index (χ1n) is 23.6. The molecule has 6 nitrogen and oxygen atoms in total. The van der Waals surface area contributed by atoms with Crippen LogP contribution in [0.25, 0.3) is 117 Å². The lowest BCUT2D eigenvalue weighted by Crippen LogP contribution is -2.00. The maximum absolute atomic E-state index is 9.66. The molecule has 12 rings (SSSR count). The Balaban J connectivity index is 1.09. The van der Waals surface area contributed by atoms with Gasteiger partial charge in [-0.15, -0.1) is 0 Å². The summed E-state index contributed by atoms with van der Waals surface area (Å²) in [6.07, 6.45) is 0. The summed E-state index contributed by atoms with van der Waals surface area (Å²) < 4.78 is 113. The van der Waals surface area contributed by atoms with Crippen molar-refractivity contribution in [3.63, 3.8) is 0 Å². The number of furan rings is 2. The molecular weight excluding hydrogens is 701 g/mol. The van der Waals surface area contributed by atoms with Gasteiger partial charge in [-0.25, -0.2) is 15.0 Å². The quantitative estimate of drug-likeness (QED) is 0.176. The molecule has 266 valence electrons. The fraction of sp³-hybridized carbons (Fsp3) is 0. The number of para-hydroxylation sites is 2. The van der Waals surface area contributed by atoms with E-state index in [1.165, 1.54) is 22.8 Å².